The molecule has 0 aromatic carbocycles. The number of furan rings is 1. The Morgan fingerprint density at radius 2 is 2.25 bits per heavy atom. The van der Waals surface area contributed by atoms with Crippen LogP contribution in [0, 0.1) is 0 Å². The van der Waals surface area contributed by atoms with Crippen LogP contribution in [0.4, 0.5) is 0 Å². The van der Waals surface area contributed by atoms with Gasteiger partial charge < -0.3 is 14.1 Å². The molecular weight excluding hydrogens is 348 g/mol. The SMILES string of the molecule is O=C(c1ccc(Br)o1)N1CC(Oc2ncccc2Cl)C1. The van der Waals surface area contributed by atoms with Gasteiger partial charge in [0.1, 0.15) is 11.1 Å². The molecule has 3 rings (SSSR count). The van der Waals surface area contributed by atoms with E-state index in [2.05, 4.69) is 20.9 Å². The highest BCUT2D eigenvalue weighted by molar-refractivity contribution is 9.10. The monoisotopic (exact) mass is 356 g/mol. The number of carbonyl (C=O) groups is 1. The minimum Gasteiger partial charge on any atom is -0.470 e. The molecule has 0 N–H and O–H groups in total. The normalized spacial score (nSPS) is 15.0. The second kappa shape index (κ2) is 5.46. The van der Waals surface area contributed by atoms with Crippen LogP contribution in [0.3, 0.4) is 0 Å². The van der Waals surface area contributed by atoms with Gasteiger partial charge in [-0.05, 0) is 40.2 Å². The maximum Gasteiger partial charge on any atom is 0.289 e. The van der Waals surface area contributed by atoms with Crippen molar-refractivity contribution < 1.29 is 13.9 Å². The highest BCUT2D eigenvalue weighted by Crippen LogP contribution is 2.25. The summed E-state index contributed by atoms with van der Waals surface area (Å²) in [5.41, 5.74) is 0. The molecule has 1 amide bonds. The summed E-state index contributed by atoms with van der Waals surface area (Å²) in [6.45, 7) is 0.980. The lowest BCUT2D eigenvalue weighted by Gasteiger charge is -2.38. The number of hydrogen-bond donors (Lipinski definition) is 0. The Hall–Kier alpha value is -1.53. The fraction of sp³-hybridized carbons (Fsp3) is 0.231. The van der Waals surface area contributed by atoms with E-state index in [4.69, 9.17) is 20.8 Å². The van der Waals surface area contributed by atoms with Crippen LogP contribution in [0.15, 0.2) is 39.5 Å². The topological polar surface area (TPSA) is 55.6 Å². The first-order chi connectivity index (χ1) is 9.63. The number of ether oxygens (including phenoxy) is 1. The van der Waals surface area contributed by atoms with Crippen molar-refractivity contribution in [3.05, 3.63) is 45.9 Å². The molecule has 3 heterocycles. The highest BCUT2D eigenvalue weighted by Gasteiger charge is 2.34. The van der Waals surface area contributed by atoms with Gasteiger partial charge in [0.2, 0.25) is 5.88 Å². The largest absolute Gasteiger partial charge is 0.470 e. The molecule has 0 bridgehead atoms. The number of amides is 1. The fourth-order valence-electron chi connectivity index (χ4n) is 1.88. The van der Waals surface area contributed by atoms with Crippen molar-refractivity contribution in [2.75, 3.05) is 13.1 Å². The molecule has 104 valence electrons. The Morgan fingerprint density at radius 3 is 2.90 bits per heavy atom. The predicted molar refractivity (Wildman–Crippen MR) is 76.0 cm³/mol. The third-order valence-corrected chi connectivity index (χ3v) is 3.64. The molecule has 0 saturated carbocycles. The number of rotatable bonds is 3. The molecule has 20 heavy (non-hydrogen) atoms. The average Bonchev–Trinajstić information content (AvgIpc) is 2.81. The number of hydrogen-bond acceptors (Lipinski definition) is 4. The summed E-state index contributed by atoms with van der Waals surface area (Å²) in [5, 5.41) is 0.465. The lowest BCUT2D eigenvalue weighted by molar-refractivity contribution is 0.0138. The van der Waals surface area contributed by atoms with E-state index in [0.717, 1.165) is 0 Å². The first-order valence-corrected chi connectivity index (χ1v) is 7.12. The van der Waals surface area contributed by atoms with Gasteiger partial charge in [0.15, 0.2) is 10.4 Å². The molecule has 1 aliphatic rings. The number of likely N-dealkylation sites (tertiary alicyclic amines) is 1. The molecule has 2 aromatic rings. The van der Waals surface area contributed by atoms with Gasteiger partial charge in [0.05, 0.1) is 13.1 Å². The Kier molecular flexibility index (Phi) is 3.67. The Morgan fingerprint density at radius 1 is 1.45 bits per heavy atom. The van der Waals surface area contributed by atoms with Gasteiger partial charge in [-0.25, -0.2) is 4.98 Å². The molecular formula is C13H10BrClN2O3. The van der Waals surface area contributed by atoms with Crippen LogP contribution >= 0.6 is 27.5 Å². The standard InChI is InChI=1S/C13H10BrClN2O3/c14-11-4-3-10(20-11)13(18)17-6-8(7-17)19-12-9(15)2-1-5-16-12/h1-5,8H,6-7H2. The maximum absolute atomic E-state index is 12.0. The fourth-order valence-corrected chi connectivity index (χ4v) is 2.35. The zero-order valence-corrected chi connectivity index (χ0v) is 12.6. The Bertz CT molecular complexity index is 640. The van der Waals surface area contributed by atoms with E-state index in [-0.39, 0.29) is 12.0 Å². The van der Waals surface area contributed by atoms with Crippen molar-refractivity contribution in [2.45, 2.75) is 6.10 Å². The van der Waals surface area contributed by atoms with E-state index in [1.54, 1.807) is 35.4 Å². The summed E-state index contributed by atoms with van der Waals surface area (Å²) < 4.78 is 11.4. The van der Waals surface area contributed by atoms with Gasteiger partial charge in [0.25, 0.3) is 5.91 Å². The molecule has 5 nitrogen and oxygen atoms in total. The zero-order valence-electron chi connectivity index (χ0n) is 10.3. The smallest absolute Gasteiger partial charge is 0.289 e. The number of halogens is 2. The Labute approximate surface area is 128 Å². The molecule has 0 aliphatic carbocycles. The van der Waals surface area contributed by atoms with Crippen molar-refractivity contribution in [3.63, 3.8) is 0 Å². The van der Waals surface area contributed by atoms with E-state index in [1.165, 1.54) is 0 Å². The number of carbonyl (C=O) groups excluding carboxylic acids is 1. The van der Waals surface area contributed by atoms with E-state index in [1.807, 2.05) is 0 Å². The molecule has 2 aromatic heterocycles. The first-order valence-electron chi connectivity index (χ1n) is 5.95. The van der Waals surface area contributed by atoms with Gasteiger partial charge in [-0.2, -0.15) is 0 Å². The quantitative estimate of drug-likeness (QED) is 0.847. The van der Waals surface area contributed by atoms with Crippen LogP contribution in [0.25, 0.3) is 0 Å². The maximum atomic E-state index is 12.0. The summed E-state index contributed by atoms with van der Waals surface area (Å²) in [6.07, 6.45) is 1.52. The third-order valence-electron chi connectivity index (χ3n) is 2.92. The van der Waals surface area contributed by atoms with Crippen LogP contribution in [0.2, 0.25) is 5.02 Å². The van der Waals surface area contributed by atoms with Gasteiger partial charge in [-0.3, -0.25) is 4.79 Å². The van der Waals surface area contributed by atoms with E-state index in [0.29, 0.717) is 34.4 Å². The van der Waals surface area contributed by atoms with Crippen LogP contribution in [-0.4, -0.2) is 35.0 Å². The van der Waals surface area contributed by atoms with Gasteiger partial charge in [0, 0.05) is 6.20 Å². The second-order valence-electron chi connectivity index (χ2n) is 4.34. The molecule has 0 unspecified atom stereocenters. The molecule has 1 aliphatic heterocycles. The minimum absolute atomic E-state index is 0.0928. The van der Waals surface area contributed by atoms with E-state index >= 15 is 0 Å². The lowest BCUT2D eigenvalue weighted by Crippen LogP contribution is -2.56. The number of aromatic nitrogens is 1. The summed E-state index contributed by atoms with van der Waals surface area (Å²) in [5.74, 6) is 0.556. The summed E-state index contributed by atoms with van der Waals surface area (Å²) >= 11 is 9.13. The van der Waals surface area contributed by atoms with Crippen LogP contribution in [0.1, 0.15) is 10.6 Å². The van der Waals surface area contributed by atoms with Crippen molar-refractivity contribution in [1.82, 2.24) is 9.88 Å². The highest BCUT2D eigenvalue weighted by atomic mass is 79.9. The molecule has 7 heteroatoms. The first kappa shape index (κ1) is 13.5. The molecule has 0 spiro atoms. The van der Waals surface area contributed by atoms with Crippen molar-refractivity contribution in [2.24, 2.45) is 0 Å². The van der Waals surface area contributed by atoms with Crippen LogP contribution in [-0.2, 0) is 0 Å². The number of nitrogens with zero attached hydrogens (tertiary/aromatic N) is 2. The molecule has 0 radical (unpaired) electrons. The molecule has 1 saturated heterocycles. The molecule has 1 fully saturated rings. The van der Waals surface area contributed by atoms with Crippen LogP contribution < -0.4 is 4.74 Å². The average molecular weight is 358 g/mol. The van der Waals surface area contributed by atoms with Crippen molar-refractivity contribution in [1.29, 1.82) is 0 Å². The van der Waals surface area contributed by atoms with Crippen molar-refractivity contribution >= 4 is 33.4 Å². The van der Waals surface area contributed by atoms with E-state index in [9.17, 15) is 4.79 Å². The van der Waals surface area contributed by atoms with Crippen molar-refractivity contribution in [3.8, 4) is 5.88 Å². The molecule has 0 atom stereocenters. The van der Waals surface area contributed by atoms with Gasteiger partial charge >= 0.3 is 0 Å². The third kappa shape index (κ3) is 2.66. The predicted octanol–water partition coefficient (Wildman–Crippen LogP) is 2.99. The number of pyridine rings is 1. The summed E-state index contributed by atoms with van der Waals surface area (Å²) in [6, 6.07) is 6.78. The van der Waals surface area contributed by atoms with E-state index < -0.39 is 0 Å². The zero-order chi connectivity index (χ0) is 14.1. The summed E-state index contributed by atoms with van der Waals surface area (Å²) in [4.78, 5) is 17.7. The van der Waals surface area contributed by atoms with Crippen LogP contribution in [0.5, 0.6) is 5.88 Å². The Balaban J connectivity index is 1.57. The lowest BCUT2D eigenvalue weighted by atomic mass is 10.1. The minimum atomic E-state index is -0.150. The summed E-state index contributed by atoms with van der Waals surface area (Å²) in [7, 11) is 0. The van der Waals surface area contributed by atoms with Gasteiger partial charge in [-0.1, -0.05) is 11.6 Å². The van der Waals surface area contributed by atoms with Gasteiger partial charge in [-0.15, -0.1) is 0 Å². The second-order valence-corrected chi connectivity index (χ2v) is 5.53.